The molecular weight excluding hydrogens is 478 g/mol. The molecule has 1 heterocycles. The van der Waals surface area contributed by atoms with Crippen LogP contribution in [0.2, 0.25) is 0 Å². The molecule has 1 N–H and O–H groups in total. The summed E-state index contributed by atoms with van der Waals surface area (Å²) in [7, 11) is 0. The minimum absolute atomic E-state index is 0.0735. The monoisotopic (exact) mass is 511 g/mol. The molecule has 1 atom stereocenters. The van der Waals surface area contributed by atoms with Gasteiger partial charge in [0.2, 0.25) is 0 Å². The molecule has 0 spiro atoms. The molecule has 38 heavy (non-hydrogen) atoms. The second kappa shape index (κ2) is 12.3. The van der Waals surface area contributed by atoms with Crippen LogP contribution in [0.1, 0.15) is 48.1 Å². The van der Waals surface area contributed by atoms with E-state index in [-0.39, 0.29) is 11.3 Å². The molecule has 1 fully saturated rings. The second-order valence-corrected chi connectivity index (χ2v) is 9.27. The number of ketones is 1. The van der Waals surface area contributed by atoms with Gasteiger partial charge in [0.1, 0.15) is 30.5 Å². The molecule has 1 amide bonds. The number of carbonyl (C=O) groups excluding carboxylic acids is 2. The van der Waals surface area contributed by atoms with Crippen molar-refractivity contribution in [3.63, 3.8) is 0 Å². The maximum absolute atomic E-state index is 13.3. The first kappa shape index (κ1) is 26.7. The zero-order valence-electron chi connectivity index (χ0n) is 21.9. The Labute approximate surface area is 223 Å². The normalized spacial score (nSPS) is 16.5. The van der Waals surface area contributed by atoms with Gasteiger partial charge in [0.25, 0.3) is 11.7 Å². The predicted molar refractivity (Wildman–Crippen MR) is 148 cm³/mol. The van der Waals surface area contributed by atoms with Crippen LogP contribution in [0, 0.1) is 6.92 Å². The van der Waals surface area contributed by atoms with Crippen LogP contribution in [0.15, 0.2) is 91.0 Å². The maximum atomic E-state index is 13.3. The molecule has 1 aliphatic rings. The summed E-state index contributed by atoms with van der Waals surface area (Å²) in [4.78, 5) is 27.9. The van der Waals surface area contributed by atoms with Gasteiger partial charge >= 0.3 is 0 Å². The Kier molecular flexibility index (Phi) is 8.64. The number of hydrogen-bond donors (Lipinski definition) is 1. The van der Waals surface area contributed by atoms with Crippen LogP contribution in [0.5, 0.6) is 11.5 Å². The molecule has 1 unspecified atom stereocenters. The van der Waals surface area contributed by atoms with Crippen LogP contribution in [0.25, 0.3) is 5.76 Å². The topological polar surface area (TPSA) is 76.1 Å². The number of benzene rings is 3. The number of likely N-dealkylation sites (tertiary alicyclic amines) is 1. The number of aliphatic hydroxyl groups excluding tert-OH is 1. The van der Waals surface area contributed by atoms with Gasteiger partial charge in [0.05, 0.1) is 11.6 Å². The average molecular weight is 512 g/mol. The lowest BCUT2D eigenvalue weighted by Gasteiger charge is -2.25. The van der Waals surface area contributed by atoms with E-state index in [4.69, 9.17) is 9.47 Å². The highest BCUT2D eigenvalue weighted by atomic mass is 16.5. The highest BCUT2D eigenvalue weighted by Gasteiger charge is 2.45. The van der Waals surface area contributed by atoms with E-state index in [1.807, 2.05) is 62.4 Å². The molecule has 0 aliphatic carbocycles. The molecule has 4 rings (SSSR count). The number of rotatable bonds is 11. The summed E-state index contributed by atoms with van der Waals surface area (Å²) >= 11 is 0. The van der Waals surface area contributed by atoms with Crippen molar-refractivity contribution in [2.24, 2.45) is 0 Å². The van der Waals surface area contributed by atoms with E-state index in [1.54, 1.807) is 35.2 Å². The molecule has 0 saturated carbocycles. The Morgan fingerprint density at radius 2 is 1.82 bits per heavy atom. The number of carbonyl (C=O) groups is 2. The molecule has 6 nitrogen and oxygen atoms in total. The molecule has 6 heteroatoms. The van der Waals surface area contributed by atoms with Crippen LogP contribution >= 0.6 is 0 Å². The van der Waals surface area contributed by atoms with Crippen molar-refractivity contribution < 1.29 is 24.2 Å². The van der Waals surface area contributed by atoms with Crippen molar-refractivity contribution in [2.45, 2.75) is 39.3 Å². The SMILES string of the molecule is C=CCOc1cccc(C2/C(=C(\O)c3ccc(OCc4ccccc4)c(C)c3)C(=O)C(=O)N2CCCC)c1. The lowest BCUT2D eigenvalue weighted by atomic mass is 9.94. The summed E-state index contributed by atoms with van der Waals surface area (Å²) < 4.78 is 11.7. The van der Waals surface area contributed by atoms with Crippen LogP contribution in [0.4, 0.5) is 0 Å². The van der Waals surface area contributed by atoms with Gasteiger partial charge in [-0.05, 0) is 60.4 Å². The van der Waals surface area contributed by atoms with Gasteiger partial charge in [-0.15, -0.1) is 0 Å². The molecule has 3 aromatic rings. The van der Waals surface area contributed by atoms with Gasteiger partial charge in [-0.3, -0.25) is 9.59 Å². The van der Waals surface area contributed by atoms with Crippen molar-refractivity contribution >= 4 is 17.4 Å². The molecule has 1 aliphatic heterocycles. The maximum Gasteiger partial charge on any atom is 0.295 e. The highest BCUT2D eigenvalue weighted by Crippen LogP contribution is 2.40. The van der Waals surface area contributed by atoms with Crippen LogP contribution < -0.4 is 9.47 Å². The van der Waals surface area contributed by atoms with Crippen LogP contribution in [0.3, 0.4) is 0 Å². The molecule has 196 valence electrons. The largest absolute Gasteiger partial charge is 0.507 e. The van der Waals surface area contributed by atoms with Gasteiger partial charge in [0.15, 0.2) is 0 Å². The number of aryl methyl sites for hydroxylation is 1. The van der Waals surface area contributed by atoms with E-state index in [0.29, 0.717) is 42.4 Å². The molecule has 0 radical (unpaired) electrons. The molecule has 1 saturated heterocycles. The number of unbranched alkanes of at least 4 members (excludes halogenated alkanes) is 1. The third-order valence-corrected chi connectivity index (χ3v) is 6.52. The van der Waals surface area contributed by atoms with Crippen molar-refractivity contribution in [1.29, 1.82) is 0 Å². The van der Waals surface area contributed by atoms with Gasteiger partial charge < -0.3 is 19.5 Å². The highest BCUT2D eigenvalue weighted by molar-refractivity contribution is 6.46. The van der Waals surface area contributed by atoms with Crippen LogP contribution in [-0.2, 0) is 16.2 Å². The van der Waals surface area contributed by atoms with Gasteiger partial charge in [-0.2, -0.15) is 0 Å². The summed E-state index contributed by atoms with van der Waals surface area (Å²) in [5.74, 6) is -0.232. The van der Waals surface area contributed by atoms with E-state index in [1.165, 1.54) is 0 Å². The summed E-state index contributed by atoms with van der Waals surface area (Å²) in [5.41, 5.74) is 3.08. The Morgan fingerprint density at radius 1 is 1.03 bits per heavy atom. The number of hydrogen-bond acceptors (Lipinski definition) is 5. The summed E-state index contributed by atoms with van der Waals surface area (Å²) in [5, 5.41) is 11.4. The second-order valence-electron chi connectivity index (χ2n) is 9.27. The number of Topliss-reactive ketones (excluding diaryl/α,β-unsaturated/α-hetero) is 1. The average Bonchev–Trinajstić information content (AvgIpc) is 3.19. The zero-order valence-corrected chi connectivity index (χ0v) is 21.9. The molecular formula is C32H33NO5. The Hall–Kier alpha value is -4.32. The third kappa shape index (κ3) is 5.80. The van der Waals surface area contributed by atoms with E-state index in [2.05, 4.69) is 6.58 Å². The minimum atomic E-state index is -0.719. The quantitative estimate of drug-likeness (QED) is 0.140. The summed E-state index contributed by atoms with van der Waals surface area (Å²) in [6.07, 6.45) is 3.25. The molecule has 0 bridgehead atoms. The molecule has 3 aromatic carbocycles. The number of aliphatic hydroxyl groups is 1. The lowest BCUT2D eigenvalue weighted by molar-refractivity contribution is -0.139. The molecule has 0 aromatic heterocycles. The summed E-state index contributed by atoms with van der Waals surface area (Å²) in [6, 6.07) is 21.7. The van der Waals surface area contributed by atoms with Crippen molar-refractivity contribution in [2.75, 3.05) is 13.2 Å². The van der Waals surface area contributed by atoms with Crippen molar-refractivity contribution in [3.05, 3.63) is 113 Å². The predicted octanol–water partition coefficient (Wildman–Crippen LogP) is 6.36. The third-order valence-electron chi connectivity index (χ3n) is 6.52. The van der Waals surface area contributed by atoms with Crippen molar-refractivity contribution in [3.8, 4) is 11.5 Å². The Bertz CT molecular complexity index is 1340. The first-order valence-electron chi connectivity index (χ1n) is 12.8. The Balaban J connectivity index is 1.70. The van der Waals surface area contributed by atoms with Gasteiger partial charge in [0, 0.05) is 12.1 Å². The van der Waals surface area contributed by atoms with E-state index < -0.39 is 17.7 Å². The van der Waals surface area contributed by atoms with E-state index >= 15 is 0 Å². The van der Waals surface area contributed by atoms with E-state index in [0.717, 1.165) is 24.0 Å². The zero-order chi connectivity index (χ0) is 27.1. The van der Waals surface area contributed by atoms with E-state index in [9.17, 15) is 14.7 Å². The van der Waals surface area contributed by atoms with Crippen molar-refractivity contribution in [1.82, 2.24) is 4.90 Å². The first-order chi connectivity index (χ1) is 18.4. The van der Waals surface area contributed by atoms with Crippen LogP contribution in [-0.4, -0.2) is 34.8 Å². The fraction of sp³-hybridized carbons (Fsp3) is 0.250. The number of ether oxygens (including phenoxy) is 2. The lowest BCUT2D eigenvalue weighted by Crippen LogP contribution is -2.30. The smallest absolute Gasteiger partial charge is 0.295 e. The number of amides is 1. The fourth-order valence-electron chi connectivity index (χ4n) is 4.56. The standard InChI is InChI=1S/C32H33NO5/c1-4-6-17-33-29(24-13-10-14-26(20-24)37-18-5-2)28(31(35)32(33)36)30(34)25-15-16-27(22(3)19-25)38-21-23-11-8-7-9-12-23/h5,7-16,19-20,29,34H,2,4,6,17-18,21H2,1,3H3/b30-28+. The minimum Gasteiger partial charge on any atom is -0.507 e. The Morgan fingerprint density at radius 3 is 2.53 bits per heavy atom. The fourth-order valence-corrected chi connectivity index (χ4v) is 4.56. The summed E-state index contributed by atoms with van der Waals surface area (Å²) in [6.45, 7) is 8.74. The van der Waals surface area contributed by atoms with Gasteiger partial charge in [-0.1, -0.05) is 68.5 Å². The first-order valence-corrected chi connectivity index (χ1v) is 12.8. The van der Waals surface area contributed by atoms with Gasteiger partial charge in [-0.25, -0.2) is 0 Å². The number of nitrogens with zero attached hydrogens (tertiary/aromatic N) is 1.